The van der Waals surface area contributed by atoms with Crippen LogP contribution in [0.4, 0.5) is 14.6 Å². The van der Waals surface area contributed by atoms with Gasteiger partial charge in [-0.15, -0.1) is 0 Å². The molecule has 0 atom stereocenters. The van der Waals surface area contributed by atoms with Crippen LogP contribution in [-0.2, 0) is 18.5 Å². The van der Waals surface area contributed by atoms with Crippen LogP contribution in [0.25, 0.3) is 11.0 Å². The summed E-state index contributed by atoms with van der Waals surface area (Å²) in [5, 5.41) is 3.15. The molecule has 1 spiro atoms. The van der Waals surface area contributed by atoms with Crippen molar-refractivity contribution in [1.82, 2.24) is 24.3 Å². The SMILES string of the molecule is C=N/C=C(/F)C(=NCNc1ccc(CN2CCC3(CCN(C)CC3)CC2)cn1)c1cc(F)c2nc3n(c2c1)C(C)(C)CC3. The highest BCUT2D eigenvalue weighted by atomic mass is 19.1. The highest BCUT2D eigenvalue weighted by Gasteiger charge is 2.37. The van der Waals surface area contributed by atoms with E-state index in [9.17, 15) is 0 Å². The zero-order chi connectivity index (χ0) is 30.2. The van der Waals surface area contributed by atoms with Crippen LogP contribution in [0.3, 0.4) is 0 Å². The summed E-state index contributed by atoms with van der Waals surface area (Å²) in [6.45, 7) is 13.2. The van der Waals surface area contributed by atoms with Gasteiger partial charge in [-0.1, -0.05) is 6.07 Å². The predicted molar refractivity (Wildman–Crippen MR) is 169 cm³/mol. The highest BCUT2D eigenvalue weighted by molar-refractivity contribution is 6.12. The lowest BCUT2D eigenvalue weighted by atomic mass is 9.71. The van der Waals surface area contributed by atoms with Gasteiger partial charge in [0.2, 0.25) is 0 Å². The molecule has 0 radical (unpaired) electrons. The third kappa shape index (κ3) is 6.13. The number of piperidine rings is 2. The van der Waals surface area contributed by atoms with E-state index in [0.717, 1.165) is 44.5 Å². The number of aromatic nitrogens is 3. The van der Waals surface area contributed by atoms with Crippen molar-refractivity contribution in [3.05, 3.63) is 65.3 Å². The van der Waals surface area contributed by atoms with Crippen molar-refractivity contribution in [2.24, 2.45) is 15.4 Å². The Labute approximate surface area is 252 Å². The first-order chi connectivity index (χ1) is 20.7. The highest BCUT2D eigenvalue weighted by Crippen LogP contribution is 2.41. The average molecular weight is 589 g/mol. The maximum Gasteiger partial charge on any atom is 0.167 e. The van der Waals surface area contributed by atoms with Gasteiger partial charge in [-0.3, -0.25) is 14.9 Å². The minimum atomic E-state index is -0.692. The van der Waals surface area contributed by atoms with Gasteiger partial charge < -0.3 is 14.8 Å². The molecular weight excluding hydrogens is 546 g/mol. The van der Waals surface area contributed by atoms with Gasteiger partial charge in [-0.05, 0) is 115 Å². The fourth-order valence-electron chi connectivity index (χ4n) is 7.00. The second kappa shape index (κ2) is 11.9. The van der Waals surface area contributed by atoms with Gasteiger partial charge in [0.05, 0.1) is 11.7 Å². The number of nitrogens with zero attached hydrogens (tertiary/aromatic N) is 7. The summed E-state index contributed by atoms with van der Waals surface area (Å²) < 4.78 is 32.5. The third-order valence-electron chi connectivity index (χ3n) is 9.75. The molecule has 0 amide bonds. The molecule has 2 saturated heterocycles. The normalized spacial score (nSPS) is 21.0. The smallest absolute Gasteiger partial charge is 0.167 e. The van der Waals surface area contributed by atoms with Crippen molar-refractivity contribution in [3.63, 3.8) is 0 Å². The number of allylic oxidation sites excluding steroid dienone is 1. The summed E-state index contributed by atoms with van der Waals surface area (Å²) in [5.41, 5.74) is 2.76. The second-order valence-electron chi connectivity index (χ2n) is 13.1. The van der Waals surface area contributed by atoms with Gasteiger partial charge in [0.15, 0.2) is 11.6 Å². The quantitative estimate of drug-likeness (QED) is 0.330. The van der Waals surface area contributed by atoms with E-state index >= 15 is 8.78 Å². The molecule has 228 valence electrons. The Hall–Kier alpha value is -3.50. The van der Waals surface area contributed by atoms with Crippen molar-refractivity contribution in [1.29, 1.82) is 0 Å². The van der Waals surface area contributed by atoms with Gasteiger partial charge in [-0.25, -0.2) is 18.7 Å². The van der Waals surface area contributed by atoms with E-state index in [1.807, 2.05) is 12.3 Å². The van der Waals surface area contributed by atoms with E-state index in [1.165, 1.54) is 50.4 Å². The molecule has 5 heterocycles. The molecule has 2 aromatic heterocycles. The first-order valence-corrected chi connectivity index (χ1v) is 15.3. The summed E-state index contributed by atoms with van der Waals surface area (Å²) in [7, 11) is 2.22. The number of likely N-dealkylation sites (tertiary alicyclic amines) is 2. The number of imidazole rings is 1. The molecule has 6 rings (SSSR count). The largest absolute Gasteiger partial charge is 0.351 e. The Balaban J connectivity index is 1.12. The van der Waals surface area contributed by atoms with Gasteiger partial charge in [0.25, 0.3) is 0 Å². The Kier molecular flexibility index (Phi) is 8.17. The number of hydrogen-bond acceptors (Lipinski definition) is 7. The zero-order valence-corrected chi connectivity index (χ0v) is 25.5. The monoisotopic (exact) mass is 588 g/mol. The van der Waals surface area contributed by atoms with Crippen LogP contribution in [0.2, 0.25) is 0 Å². The number of hydrogen-bond donors (Lipinski definition) is 1. The molecule has 0 bridgehead atoms. The maximum absolute atomic E-state index is 15.2. The van der Waals surface area contributed by atoms with Crippen LogP contribution in [0.5, 0.6) is 0 Å². The summed E-state index contributed by atoms with van der Waals surface area (Å²) in [4.78, 5) is 22.1. The average Bonchev–Trinajstić information content (AvgIpc) is 3.52. The van der Waals surface area contributed by atoms with Crippen molar-refractivity contribution < 1.29 is 8.78 Å². The molecule has 8 nitrogen and oxygen atoms in total. The number of aliphatic imine (C=N–C) groups is 2. The van der Waals surface area contributed by atoms with Crippen molar-refractivity contribution >= 4 is 29.3 Å². The molecule has 0 unspecified atom stereocenters. The summed E-state index contributed by atoms with van der Waals surface area (Å²) in [6, 6.07) is 7.05. The Morgan fingerprint density at radius 1 is 1.09 bits per heavy atom. The minimum absolute atomic E-state index is 0.00356. The van der Waals surface area contributed by atoms with Gasteiger partial charge in [0.1, 0.15) is 29.5 Å². The lowest BCUT2D eigenvalue weighted by Gasteiger charge is -2.46. The lowest BCUT2D eigenvalue weighted by molar-refractivity contribution is 0.0400. The molecule has 3 aliphatic rings. The van der Waals surface area contributed by atoms with Crippen molar-refractivity contribution in [3.8, 4) is 0 Å². The second-order valence-corrected chi connectivity index (χ2v) is 13.1. The summed E-state index contributed by atoms with van der Waals surface area (Å²) in [5.74, 6) is 0.287. The summed E-state index contributed by atoms with van der Waals surface area (Å²) >= 11 is 0. The standard InChI is InChI=1S/C33H42F2N8/c1-32(2)8-7-29-40-31-25(34)17-24(18-27(31)43(29)32)30(26(35)20-36-3)39-22-38-28-6-5-23(19-37-28)21-42-15-11-33(12-16-42)9-13-41(4)14-10-33/h5-6,17-20H,3,7-16,21-22H2,1-2,4H3,(H,37,38)/b26-20+,39-30?. The Morgan fingerprint density at radius 3 is 2.53 bits per heavy atom. The Morgan fingerprint density at radius 2 is 1.84 bits per heavy atom. The van der Waals surface area contributed by atoms with Gasteiger partial charge in [-0.2, -0.15) is 0 Å². The Bertz CT molecular complexity index is 1540. The topological polar surface area (TPSA) is 73.9 Å². The lowest BCUT2D eigenvalue weighted by Crippen LogP contribution is -2.45. The van der Waals surface area contributed by atoms with Crippen molar-refractivity contribution in [2.75, 3.05) is 45.2 Å². The maximum atomic E-state index is 15.2. The molecule has 3 aliphatic heterocycles. The van der Waals surface area contributed by atoms with Gasteiger partial charge >= 0.3 is 0 Å². The minimum Gasteiger partial charge on any atom is -0.351 e. The predicted octanol–water partition coefficient (Wildman–Crippen LogP) is 5.93. The molecule has 0 saturated carbocycles. The number of halogens is 2. The number of pyridine rings is 1. The number of benzene rings is 1. The van der Waals surface area contributed by atoms with E-state index in [0.29, 0.717) is 27.8 Å². The number of anilines is 1. The van der Waals surface area contributed by atoms with E-state index in [-0.39, 0.29) is 17.9 Å². The van der Waals surface area contributed by atoms with Crippen LogP contribution >= 0.6 is 0 Å². The third-order valence-corrected chi connectivity index (χ3v) is 9.75. The first-order valence-electron chi connectivity index (χ1n) is 15.3. The van der Waals surface area contributed by atoms with E-state index in [1.54, 1.807) is 6.07 Å². The van der Waals surface area contributed by atoms with Gasteiger partial charge in [0, 0.05) is 30.3 Å². The molecule has 2 fully saturated rings. The molecule has 1 N–H and O–H groups in total. The number of aryl methyl sites for hydroxylation is 1. The number of fused-ring (bicyclic) bond motifs is 3. The van der Waals surface area contributed by atoms with Crippen molar-refractivity contribution in [2.45, 2.75) is 64.5 Å². The van der Waals surface area contributed by atoms with Crippen LogP contribution in [0, 0.1) is 11.2 Å². The summed E-state index contributed by atoms with van der Waals surface area (Å²) in [6.07, 6.45) is 9.77. The van der Waals surface area contributed by atoms with E-state index < -0.39 is 11.6 Å². The van der Waals surface area contributed by atoms with Crippen LogP contribution in [0.1, 0.15) is 62.9 Å². The molecule has 1 aromatic carbocycles. The molecule has 43 heavy (non-hydrogen) atoms. The first kappa shape index (κ1) is 29.6. The molecule has 0 aliphatic carbocycles. The molecule has 3 aromatic rings. The van der Waals surface area contributed by atoms with Crippen LogP contribution in [0.15, 0.2) is 52.5 Å². The fourth-order valence-corrected chi connectivity index (χ4v) is 7.00. The van der Waals surface area contributed by atoms with E-state index in [4.69, 9.17) is 0 Å². The van der Waals surface area contributed by atoms with E-state index in [2.05, 4.69) is 73.3 Å². The number of nitrogens with one attached hydrogen (secondary N) is 1. The van der Waals surface area contributed by atoms with Crippen LogP contribution in [-0.4, -0.2) is 76.7 Å². The van der Waals surface area contributed by atoms with Crippen LogP contribution < -0.4 is 5.32 Å². The fraction of sp³-hybridized carbons (Fsp3) is 0.515. The molecular formula is C33H42F2N8. The zero-order valence-electron chi connectivity index (χ0n) is 25.5. The molecule has 10 heteroatoms. The number of rotatable bonds is 8.